The van der Waals surface area contributed by atoms with E-state index in [0.29, 0.717) is 13.0 Å². The molecule has 4 nitrogen and oxygen atoms in total. The zero-order chi connectivity index (χ0) is 18.6. The van der Waals surface area contributed by atoms with Crippen molar-refractivity contribution in [3.8, 4) is 5.75 Å². The first-order chi connectivity index (χ1) is 13.2. The minimum atomic E-state index is -0.776. The van der Waals surface area contributed by atoms with E-state index in [-0.39, 0.29) is 6.42 Å². The van der Waals surface area contributed by atoms with Gasteiger partial charge in [0.15, 0.2) is 0 Å². The van der Waals surface area contributed by atoms with Crippen LogP contribution in [0, 0.1) is 0 Å². The normalized spacial score (nSPS) is 11.1. The van der Waals surface area contributed by atoms with Crippen molar-refractivity contribution in [1.29, 1.82) is 0 Å². The molecule has 0 amide bonds. The van der Waals surface area contributed by atoms with Crippen LogP contribution < -0.4 is 4.74 Å². The van der Waals surface area contributed by atoms with Crippen LogP contribution in [0.5, 0.6) is 5.75 Å². The first kappa shape index (κ1) is 17.2. The Hall–Kier alpha value is -3.27. The van der Waals surface area contributed by atoms with Gasteiger partial charge in [0.2, 0.25) is 0 Å². The molecule has 1 heterocycles. The summed E-state index contributed by atoms with van der Waals surface area (Å²) >= 11 is 0. The van der Waals surface area contributed by atoms with Crippen LogP contribution in [0.15, 0.2) is 72.8 Å². The Bertz CT molecular complexity index is 1030. The Balaban J connectivity index is 1.47. The van der Waals surface area contributed by atoms with Crippen molar-refractivity contribution in [3.63, 3.8) is 0 Å². The number of carbonyl (C=O) groups is 1. The van der Waals surface area contributed by atoms with E-state index in [2.05, 4.69) is 53.1 Å². The monoisotopic (exact) mass is 359 g/mol. The number of para-hydroxylation sites is 2. The van der Waals surface area contributed by atoms with E-state index in [4.69, 9.17) is 9.84 Å². The van der Waals surface area contributed by atoms with Crippen molar-refractivity contribution in [2.45, 2.75) is 19.4 Å². The lowest BCUT2D eigenvalue weighted by Gasteiger charge is -2.10. The number of rotatable bonds is 7. The van der Waals surface area contributed by atoms with Crippen LogP contribution >= 0.6 is 0 Å². The number of hydrogen-bond acceptors (Lipinski definition) is 2. The SMILES string of the molecule is O=C(O)CCc1ccc(OCCn2c3ccccc3c3ccccc32)cc1. The van der Waals surface area contributed by atoms with Gasteiger partial charge in [-0.1, -0.05) is 48.5 Å². The summed E-state index contributed by atoms with van der Waals surface area (Å²) in [5.74, 6) is 0.0244. The molecule has 0 radical (unpaired) electrons. The van der Waals surface area contributed by atoms with Gasteiger partial charge in [0.25, 0.3) is 0 Å². The molecule has 0 saturated carbocycles. The lowest BCUT2D eigenvalue weighted by atomic mass is 10.1. The van der Waals surface area contributed by atoms with E-state index in [9.17, 15) is 4.79 Å². The standard InChI is InChI=1S/C23H21NO3/c25-23(26)14-11-17-9-12-18(13-10-17)27-16-15-24-21-7-3-1-5-19(21)20-6-2-4-8-22(20)24/h1-10,12-13H,11,14-16H2,(H,25,26). The number of fused-ring (bicyclic) bond motifs is 3. The number of carboxylic acid groups (broad SMARTS) is 1. The van der Waals surface area contributed by atoms with Crippen LogP contribution in [0.3, 0.4) is 0 Å². The minimum Gasteiger partial charge on any atom is -0.492 e. The second-order valence-corrected chi connectivity index (χ2v) is 6.57. The molecule has 4 aromatic rings. The number of hydrogen-bond donors (Lipinski definition) is 1. The molecule has 0 aliphatic carbocycles. The van der Waals surface area contributed by atoms with Gasteiger partial charge in [-0.15, -0.1) is 0 Å². The first-order valence-electron chi connectivity index (χ1n) is 9.12. The fraction of sp³-hybridized carbons (Fsp3) is 0.174. The van der Waals surface area contributed by atoms with Crippen LogP contribution in [0.25, 0.3) is 21.8 Å². The quantitative estimate of drug-likeness (QED) is 0.511. The van der Waals surface area contributed by atoms with Crippen LogP contribution in [-0.4, -0.2) is 22.2 Å². The van der Waals surface area contributed by atoms with Crippen molar-refractivity contribution >= 4 is 27.8 Å². The van der Waals surface area contributed by atoms with E-state index >= 15 is 0 Å². The molecule has 0 unspecified atom stereocenters. The topological polar surface area (TPSA) is 51.5 Å². The second kappa shape index (κ2) is 7.54. The predicted octanol–water partition coefficient (Wildman–Crippen LogP) is 4.89. The summed E-state index contributed by atoms with van der Waals surface area (Å²) in [6.07, 6.45) is 0.685. The van der Waals surface area contributed by atoms with E-state index in [1.54, 1.807) is 0 Å². The number of nitrogens with zero attached hydrogens (tertiary/aromatic N) is 1. The average molecular weight is 359 g/mol. The van der Waals surface area contributed by atoms with Crippen molar-refractivity contribution in [2.75, 3.05) is 6.61 Å². The number of aromatic nitrogens is 1. The van der Waals surface area contributed by atoms with Gasteiger partial charge in [0, 0.05) is 28.2 Å². The Labute approximate surface area is 157 Å². The molecule has 1 N–H and O–H groups in total. The lowest BCUT2D eigenvalue weighted by molar-refractivity contribution is -0.136. The molecule has 0 fully saturated rings. The molecule has 4 rings (SSSR count). The van der Waals surface area contributed by atoms with Gasteiger partial charge in [-0.05, 0) is 36.2 Å². The Morgan fingerprint density at radius 2 is 1.44 bits per heavy atom. The van der Waals surface area contributed by atoms with Crippen molar-refractivity contribution in [2.24, 2.45) is 0 Å². The molecular formula is C23H21NO3. The summed E-state index contributed by atoms with van der Waals surface area (Å²) in [5.41, 5.74) is 3.43. The van der Waals surface area contributed by atoms with Gasteiger partial charge in [-0.2, -0.15) is 0 Å². The molecule has 0 aliphatic rings. The van der Waals surface area contributed by atoms with Gasteiger partial charge >= 0.3 is 5.97 Å². The van der Waals surface area contributed by atoms with Gasteiger partial charge in [0.05, 0.1) is 6.54 Å². The third-order valence-corrected chi connectivity index (χ3v) is 4.81. The summed E-state index contributed by atoms with van der Waals surface area (Å²) in [4.78, 5) is 10.7. The highest BCUT2D eigenvalue weighted by molar-refractivity contribution is 6.07. The maximum absolute atomic E-state index is 10.7. The molecule has 3 aromatic carbocycles. The van der Waals surface area contributed by atoms with Crippen molar-refractivity contribution in [3.05, 3.63) is 78.4 Å². The van der Waals surface area contributed by atoms with Crippen LogP contribution in [0.4, 0.5) is 0 Å². The molecule has 0 bridgehead atoms. The number of carboxylic acids is 1. The highest BCUT2D eigenvalue weighted by Gasteiger charge is 2.09. The van der Waals surface area contributed by atoms with Crippen molar-refractivity contribution < 1.29 is 14.6 Å². The summed E-state index contributed by atoms with van der Waals surface area (Å²) in [6.45, 7) is 1.33. The average Bonchev–Trinajstić information content (AvgIpc) is 3.02. The fourth-order valence-electron chi connectivity index (χ4n) is 3.50. The highest BCUT2D eigenvalue weighted by atomic mass is 16.5. The maximum Gasteiger partial charge on any atom is 0.303 e. The smallest absolute Gasteiger partial charge is 0.303 e. The fourth-order valence-corrected chi connectivity index (χ4v) is 3.50. The lowest BCUT2D eigenvalue weighted by Crippen LogP contribution is -2.08. The Morgan fingerprint density at radius 1 is 0.852 bits per heavy atom. The number of benzene rings is 3. The minimum absolute atomic E-state index is 0.147. The number of aryl methyl sites for hydroxylation is 1. The van der Waals surface area contributed by atoms with E-state index < -0.39 is 5.97 Å². The van der Waals surface area contributed by atoms with Crippen LogP contribution in [-0.2, 0) is 17.8 Å². The summed E-state index contributed by atoms with van der Waals surface area (Å²) in [7, 11) is 0. The first-order valence-corrected chi connectivity index (χ1v) is 9.12. The molecule has 0 atom stereocenters. The van der Waals surface area contributed by atoms with Crippen LogP contribution in [0.2, 0.25) is 0 Å². The molecule has 27 heavy (non-hydrogen) atoms. The molecule has 0 saturated heterocycles. The van der Waals surface area contributed by atoms with Gasteiger partial charge in [0.1, 0.15) is 12.4 Å². The Kier molecular flexibility index (Phi) is 4.79. The van der Waals surface area contributed by atoms with Crippen molar-refractivity contribution in [1.82, 2.24) is 4.57 Å². The zero-order valence-corrected chi connectivity index (χ0v) is 15.0. The third kappa shape index (κ3) is 3.65. The largest absolute Gasteiger partial charge is 0.492 e. The number of aliphatic carboxylic acids is 1. The van der Waals surface area contributed by atoms with Crippen LogP contribution in [0.1, 0.15) is 12.0 Å². The maximum atomic E-state index is 10.7. The summed E-state index contributed by atoms with van der Waals surface area (Å²) in [6, 6.07) is 24.5. The zero-order valence-electron chi connectivity index (χ0n) is 15.0. The third-order valence-electron chi connectivity index (χ3n) is 4.81. The summed E-state index contributed by atoms with van der Waals surface area (Å²) < 4.78 is 8.22. The molecule has 0 aliphatic heterocycles. The molecular weight excluding hydrogens is 338 g/mol. The summed E-state index contributed by atoms with van der Waals surface area (Å²) in [5, 5.41) is 11.3. The number of ether oxygens (including phenoxy) is 1. The van der Waals surface area contributed by atoms with Gasteiger partial charge in [-0.3, -0.25) is 4.79 Å². The van der Waals surface area contributed by atoms with E-state index in [1.807, 2.05) is 24.3 Å². The second-order valence-electron chi connectivity index (χ2n) is 6.57. The predicted molar refractivity (Wildman–Crippen MR) is 107 cm³/mol. The van der Waals surface area contributed by atoms with Gasteiger partial charge < -0.3 is 14.4 Å². The van der Waals surface area contributed by atoms with E-state index in [0.717, 1.165) is 17.9 Å². The molecule has 136 valence electrons. The molecule has 4 heteroatoms. The highest BCUT2D eigenvalue weighted by Crippen LogP contribution is 2.28. The molecule has 1 aromatic heterocycles. The van der Waals surface area contributed by atoms with E-state index in [1.165, 1.54) is 21.8 Å². The van der Waals surface area contributed by atoms with Gasteiger partial charge in [-0.25, -0.2) is 0 Å². The molecule has 0 spiro atoms. The Morgan fingerprint density at radius 3 is 2.04 bits per heavy atom.